The van der Waals surface area contributed by atoms with Crippen LogP contribution in [0.25, 0.3) is 0 Å². The molecular formula is C11H15ClN2O3. The topological polar surface area (TPSA) is 59.6 Å². The van der Waals surface area contributed by atoms with E-state index in [0.29, 0.717) is 30.4 Å². The molecule has 1 amide bonds. The molecule has 0 aliphatic carbocycles. The van der Waals surface area contributed by atoms with Crippen LogP contribution in [0.1, 0.15) is 0 Å². The number of carbonyl (C=O) groups excluding carboxylic acids is 1. The van der Waals surface area contributed by atoms with Crippen molar-refractivity contribution >= 4 is 24.0 Å². The van der Waals surface area contributed by atoms with Gasteiger partial charge in [-0.15, -0.1) is 12.4 Å². The summed E-state index contributed by atoms with van der Waals surface area (Å²) in [5.74, 6) is 1.18. The lowest BCUT2D eigenvalue weighted by molar-refractivity contribution is -0.115. The van der Waals surface area contributed by atoms with Gasteiger partial charge in [0.1, 0.15) is 13.2 Å². The highest BCUT2D eigenvalue weighted by Crippen LogP contribution is 2.37. The molecule has 0 saturated carbocycles. The van der Waals surface area contributed by atoms with Gasteiger partial charge < -0.3 is 20.1 Å². The van der Waals surface area contributed by atoms with Gasteiger partial charge in [0.05, 0.1) is 12.2 Å². The van der Waals surface area contributed by atoms with Gasteiger partial charge in [-0.2, -0.15) is 0 Å². The molecule has 0 unspecified atom stereocenters. The Balaban J connectivity index is 0.00000144. The number of likely N-dealkylation sites (N-methyl/N-ethyl adjacent to an activating group) is 1. The predicted molar refractivity (Wildman–Crippen MR) is 67.2 cm³/mol. The fourth-order valence-corrected chi connectivity index (χ4v) is 1.53. The minimum Gasteiger partial charge on any atom is -0.486 e. The Morgan fingerprint density at radius 1 is 1.35 bits per heavy atom. The minimum atomic E-state index is -0.106. The molecule has 0 spiro atoms. The Morgan fingerprint density at radius 3 is 2.88 bits per heavy atom. The first kappa shape index (κ1) is 13.6. The van der Waals surface area contributed by atoms with Crippen molar-refractivity contribution in [2.75, 3.05) is 32.1 Å². The Hall–Kier alpha value is -1.46. The van der Waals surface area contributed by atoms with Crippen molar-refractivity contribution in [2.24, 2.45) is 0 Å². The van der Waals surface area contributed by atoms with Crippen LogP contribution in [-0.4, -0.2) is 32.7 Å². The number of halogens is 1. The van der Waals surface area contributed by atoms with E-state index < -0.39 is 0 Å². The molecule has 1 aliphatic heterocycles. The molecule has 0 radical (unpaired) electrons. The summed E-state index contributed by atoms with van der Waals surface area (Å²) < 4.78 is 10.9. The van der Waals surface area contributed by atoms with E-state index in [2.05, 4.69) is 10.6 Å². The summed E-state index contributed by atoms with van der Waals surface area (Å²) in [5.41, 5.74) is 0.650. The van der Waals surface area contributed by atoms with Crippen molar-refractivity contribution in [3.05, 3.63) is 18.2 Å². The molecule has 1 heterocycles. The standard InChI is InChI=1S/C11H14N2O3.ClH/c1-12-7-10(14)13-8-3-2-4-9-11(8)16-6-5-15-9;/h2-4,12H,5-7H2,1H3,(H,13,14);1H. The molecule has 0 atom stereocenters. The summed E-state index contributed by atoms with van der Waals surface area (Å²) in [4.78, 5) is 11.4. The molecule has 0 bridgehead atoms. The number of carbonyl (C=O) groups is 1. The van der Waals surface area contributed by atoms with Gasteiger partial charge in [0.25, 0.3) is 0 Å². The summed E-state index contributed by atoms with van der Waals surface area (Å²) in [6, 6.07) is 5.44. The Labute approximate surface area is 106 Å². The van der Waals surface area contributed by atoms with E-state index in [0.717, 1.165) is 0 Å². The molecule has 1 aromatic carbocycles. The maximum absolute atomic E-state index is 11.4. The van der Waals surface area contributed by atoms with Crippen LogP contribution in [0.15, 0.2) is 18.2 Å². The van der Waals surface area contributed by atoms with Crippen LogP contribution in [0.4, 0.5) is 5.69 Å². The lowest BCUT2D eigenvalue weighted by Crippen LogP contribution is -2.26. The number of anilines is 1. The van der Waals surface area contributed by atoms with E-state index in [1.807, 2.05) is 12.1 Å². The van der Waals surface area contributed by atoms with E-state index in [4.69, 9.17) is 9.47 Å². The highest BCUT2D eigenvalue weighted by atomic mass is 35.5. The van der Waals surface area contributed by atoms with E-state index in [-0.39, 0.29) is 24.9 Å². The molecule has 0 saturated heterocycles. The zero-order valence-corrected chi connectivity index (χ0v) is 10.3. The molecular weight excluding hydrogens is 244 g/mol. The molecule has 2 rings (SSSR count). The fraction of sp³-hybridized carbons (Fsp3) is 0.364. The normalized spacial score (nSPS) is 12.5. The number of ether oxygens (including phenoxy) is 2. The third-order valence-corrected chi connectivity index (χ3v) is 2.18. The number of hydrogen-bond acceptors (Lipinski definition) is 4. The number of hydrogen-bond donors (Lipinski definition) is 2. The second-order valence-corrected chi connectivity index (χ2v) is 3.41. The van der Waals surface area contributed by atoms with Crippen LogP contribution >= 0.6 is 12.4 Å². The number of nitrogens with one attached hydrogen (secondary N) is 2. The van der Waals surface area contributed by atoms with Gasteiger partial charge in [0, 0.05) is 0 Å². The van der Waals surface area contributed by atoms with Gasteiger partial charge in [-0.3, -0.25) is 4.79 Å². The molecule has 0 fully saturated rings. The lowest BCUT2D eigenvalue weighted by atomic mass is 10.2. The average Bonchev–Trinajstić information content (AvgIpc) is 2.30. The Bertz CT molecular complexity index is 398. The highest BCUT2D eigenvalue weighted by Gasteiger charge is 2.16. The van der Waals surface area contributed by atoms with Crippen molar-refractivity contribution in [3.63, 3.8) is 0 Å². The third kappa shape index (κ3) is 3.25. The van der Waals surface area contributed by atoms with E-state index in [9.17, 15) is 4.79 Å². The van der Waals surface area contributed by atoms with Gasteiger partial charge in [-0.05, 0) is 19.2 Å². The molecule has 2 N–H and O–H groups in total. The van der Waals surface area contributed by atoms with Gasteiger partial charge >= 0.3 is 0 Å². The summed E-state index contributed by atoms with van der Waals surface area (Å²) in [6.07, 6.45) is 0. The molecule has 6 heteroatoms. The second-order valence-electron chi connectivity index (χ2n) is 3.41. The maximum atomic E-state index is 11.4. The first-order valence-corrected chi connectivity index (χ1v) is 5.14. The lowest BCUT2D eigenvalue weighted by Gasteiger charge is -2.20. The van der Waals surface area contributed by atoms with Gasteiger partial charge in [-0.1, -0.05) is 6.07 Å². The SMILES string of the molecule is CNCC(=O)Nc1cccc2c1OCCO2.Cl. The van der Waals surface area contributed by atoms with Gasteiger partial charge in [0.2, 0.25) is 5.91 Å². The van der Waals surface area contributed by atoms with Crippen LogP contribution in [0.3, 0.4) is 0 Å². The van der Waals surface area contributed by atoms with E-state index in [1.54, 1.807) is 13.1 Å². The zero-order chi connectivity index (χ0) is 11.4. The average molecular weight is 259 g/mol. The first-order valence-electron chi connectivity index (χ1n) is 5.14. The van der Waals surface area contributed by atoms with E-state index in [1.165, 1.54) is 0 Å². The minimum absolute atomic E-state index is 0. The quantitative estimate of drug-likeness (QED) is 0.851. The molecule has 17 heavy (non-hydrogen) atoms. The van der Waals surface area contributed by atoms with Crippen LogP contribution in [0, 0.1) is 0 Å². The Kier molecular flexibility index (Phi) is 5.06. The summed E-state index contributed by atoms with van der Waals surface area (Å²) in [7, 11) is 1.72. The number of rotatable bonds is 3. The zero-order valence-electron chi connectivity index (χ0n) is 9.49. The third-order valence-electron chi connectivity index (χ3n) is 2.18. The molecule has 0 aromatic heterocycles. The largest absolute Gasteiger partial charge is 0.486 e. The maximum Gasteiger partial charge on any atom is 0.238 e. The van der Waals surface area contributed by atoms with E-state index >= 15 is 0 Å². The molecule has 5 nitrogen and oxygen atoms in total. The number of fused-ring (bicyclic) bond motifs is 1. The van der Waals surface area contributed by atoms with Gasteiger partial charge in [0.15, 0.2) is 11.5 Å². The number of benzene rings is 1. The van der Waals surface area contributed by atoms with Crippen molar-refractivity contribution in [1.29, 1.82) is 0 Å². The van der Waals surface area contributed by atoms with Crippen LogP contribution in [0.5, 0.6) is 11.5 Å². The molecule has 1 aromatic rings. The van der Waals surface area contributed by atoms with Crippen LogP contribution < -0.4 is 20.1 Å². The van der Waals surface area contributed by atoms with Crippen molar-refractivity contribution < 1.29 is 14.3 Å². The Morgan fingerprint density at radius 2 is 2.12 bits per heavy atom. The summed E-state index contributed by atoms with van der Waals surface area (Å²) in [5, 5.41) is 5.55. The van der Waals surface area contributed by atoms with Crippen LogP contribution in [0.2, 0.25) is 0 Å². The molecule has 94 valence electrons. The smallest absolute Gasteiger partial charge is 0.238 e. The van der Waals surface area contributed by atoms with Crippen molar-refractivity contribution in [3.8, 4) is 11.5 Å². The summed E-state index contributed by atoms with van der Waals surface area (Å²) in [6.45, 7) is 1.32. The molecule has 1 aliphatic rings. The number of amides is 1. The number of para-hydroxylation sites is 1. The predicted octanol–water partition coefficient (Wildman–Crippen LogP) is 1.04. The fourth-order valence-electron chi connectivity index (χ4n) is 1.53. The monoisotopic (exact) mass is 258 g/mol. The van der Waals surface area contributed by atoms with Crippen molar-refractivity contribution in [1.82, 2.24) is 5.32 Å². The van der Waals surface area contributed by atoms with Crippen molar-refractivity contribution in [2.45, 2.75) is 0 Å². The summed E-state index contributed by atoms with van der Waals surface area (Å²) >= 11 is 0. The first-order chi connectivity index (χ1) is 7.81. The van der Waals surface area contributed by atoms with Gasteiger partial charge in [-0.25, -0.2) is 0 Å². The highest BCUT2D eigenvalue weighted by molar-refractivity contribution is 5.94. The van der Waals surface area contributed by atoms with Crippen LogP contribution in [-0.2, 0) is 4.79 Å². The second kappa shape index (κ2) is 6.32.